The summed E-state index contributed by atoms with van der Waals surface area (Å²) in [5, 5.41) is 3.73. The predicted octanol–water partition coefficient (Wildman–Crippen LogP) is 3.57. The second kappa shape index (κ2) is 6.13. The van der Waals surface area contributed by atoms with Gasteiger partial charge in [0, 0.05) is 30.9 Å². The van der Waals surface area contributed by atoms with Crippen LogP contribution < -0.4 is 10.2 Å². The van der Waals surface area contributed by atoms with Crippen LogP contribution in [0.4, 0.5) is 10.1 Å². The van der Waals surface area contributed by atoms with E-state index in [9.17, 15) is 4.39 Å². The van der Waals surface area contributed by atoms with Crippen LogP contribution in [0, 0.1) is 11.7 Å². The first-order valence-corrected chi connectivity index (χ1v) is 7.99. The molecule has 2 atom stereocenters. The smallest absolute Gasteiger partial charge is 0.123 e. The zero-order valence-electron chi connectivity index (χ0n) is 12.3. The Morgan fingerprint density at radius 1 is 1.10 bits per heavy atom. The molecule has 1 aliphatic heterocycles. The lowest BCUT2D eigenvalue weighted by Crippen LogP contribution is -2.58. The van der Waals surface area contributed by atoms with Crippen molar-refractivity contribution in [2.24, 2.45) is 5.92 Å². The lowest BCUT2D eigenvalue weighted by molar-refractivity contribution is 0.245. The Morgan fingerprint density at radius 3 is 2.50 bits per heavy atom. The van der Waals surface area contributed by atoms with E-state index in [1.54, 1.807) is 12.1 Å². The Bertz CT molecular complexity index is 425. The van der Waals surface area contributed by atoms with Crippen molar-refractivity contribution in [1.29, 1.82) is 0 Å². The number of nitrogens with one attached hydrogen (secondary N) is 1. The van der Waals surface area contributed by atoms with Crippen molar-refractivity contribution in [3.05, 3.63) is 30.1 Å². The van der Waals surface area contributed by atoms with Gasteiger partial charge >= 0.3 is 0 Å². The van der Waals surface area contributed by atoms with Crippen LogP contribution in [0.25, 0.3) is 0 Å². The molecule has 0 spiro atoms. The molecule has 110 valence electrons. The monoisotopic (exact) mass is 276 g/mol. The van der Waals surface area contributed by atoms with Gasteiger partial charge in [0.15, 0.2) is 0 Å². The van der Waals surface area contributed by atoms with Gasteiger partial charge in [0.1, 0.15) is 5.82 Å². The van der Waals surface area contributed by atoms with E-state index in [0.29, 0.717) is 12.1 Å². The molecule has 1 heterocycles. The standard InChI is InChI=1S/C17H25FN2/c1-13-11-19-17(14-5-3-2-4-6-14)12-20(13)16-9-7-15(18)8-10-16/h7-10,13-14,17,19H,2-6,11-12H2,1H3. The lowest BCUT2D eigenvalue weighted by Gasteiger charge is -2.44. The molecule has 1 saturated carbocycles. The summed E-state index contributed by atoms with van der Waals surface area (Å²) in [6.07, 6.45) is 6.90. The molecule has 2 fully saturated rings. The second-order valence-electron chi connectivity index (χ2n) is 6.39. The molecule has 2 aliphatic rings. The highest BCUT2D eigenvalue weighted by molar-refractivity contribution is 5.48. The fourth-order valence-corrected chi connectivity index (χ4v) is 3.73. The van der Waals surface area contributed by atoms with Crippen molar-refractivity contribution in [2.75, 3.05) is 18.0 Å². The summed E-state index contributed by atoms with van der Waals surface area (Å²) >= 11 is 0. The summed E-state index contributed by atoms with van der Waals surface area (Å²) in [5.41, 5.74) is 1.15. The zero-order chi connectivity index (χ0) is 13.9. The molecule has 3 heteroatoms. The van der Waals surface area contributed by atoms with Crippen LogP contribution in [0.3, 0.4) is 0 Å². The first kappa shape index (κ1) is 13.9. The lowest BCUT2D eigenvalue weighted by atomic mass is 9.82. The third-order valence-corrected chi connectivity index (χ3v) is 4.98. The molecular weight excluding hydrogens is 251 g/mol. The molecule has 1 saturated heterocycles. The minimum Gasteiger partial charge on any atom is -0.366 e. The normalized spacial score (nSPS) is 28.6. The summed E-state index contributed by atoms with van der Waals surface area (Å²) in [6.45, 7) is 4.32. The molecule has 0 bridgehead atoms. The van der Waals surface area contributed by atoms with Crippen LogP contribution >= 0.6 is 0 Å². The van der Waals surface area contributed by atoms with Gasteiger partial charge in [0.05, 0.1) is 0 Å². The van der Waals surface area contributed by atoms with Gasteiger partial charge < -0.3 is 10.2 Å². The quantitative estimate of drug-likeness (QED) is 0.888. The van der Waals surface area contributed by atoms with E-state index in [2.05, 4.69) is 17.1 Å². The van der Waals surface area contributed by atoms with Gasteiger partial charge in [-0.05, 0) is 49.9 Å². The predicted molar refractivity (Wildman–Crippen MR) is 81.6 cm³/mol. The summed E-state index contributed by atoms with van der Waals surface area (Å²) < 4.78 is 13.1. The molecule has 20 heavy (non-hydrogen) atoms. The van der Waals surface area contributed by atoms with Crippen LogP contribution in [0.1, 0.15) is 39.0 Å². The van der Waals surface area contributed by atoms with Crippen LogP contribution in [0.15, 0.2) is 24.3 Å². The minimum absolute atomic E-state index is 0.152. The van der Waals surface area contributed by atoms with Crippen LogP contribution in [0.2, 0.25) is 0 Å². The zero-order valence-corrected chi connectivity index (χ0v) is 12.3. The average molecular weight is 276 g/mol. The number of benzene rings is 1. The third kappa shape index (κ3) is 2.98. The van der Waals surface area contributed by atoms with Crippen molar-refractivity contribution >= 4 is 5.69 Å². The third-order valence-electron chi connectivity index (χ3n) is 4.98. The van der Waals surface area contributed by atoms with E-state index < -0.39 is 0 Å². The largest absolute Gasteiger partial charge is 0.366 e. The highest BCUT2D eigenvalue weighted by Crippen LogP contribution is 2.30. The SMILES string of the molecule is CC1CNC(C2CCCCC2)CN1c1ccc(F)cc1. The van der Waals surface area contributed by atoms with Crippen LogP contribution in [-0.4, -0.2) is 25.2 Å². The Kier molecular flexibility index (Phi) is 4.25. The van der Waals surface area contributed by atoms with E-state index >= 15 is 0 Å². The number of rotatable bonds is 2. The first-order chi connectivity index (χ1) is 9.74. The molecule has 2 unspecified atom stereocenters. The van der Waals surface area contributed by atoms with Crippen molar-refractivity contribution in [3.63, 3.8) is 0 Å². The molecule has 1 aromatic rings. The van der Waals surface area contributed by atoms with Gasteiger partial charge in [-0.15, -0.1) is 0 Å². The summed E-state index contributed by atoms with van der Waals surface area (Å²) in [4.78, 5) is 2.44. The van der Waals surface area contributed by atoms with E-state index in [-0.39, 0.29) is 5.82 Å². The van der Waals surface area contributed by atoms with E-state index in [1.165, 1.54) is 32.1 Å². The molecule has 3 rings (SSSR count). The molecule has 0 aromatic heterocycles. The van der Waals surface area contributed by atoms with E-state index in [0.717, 1.165) is 24.7 Å². The van der Waals surface area contributed by atoms with Crippen molar-refractivity contribution < 1.29 is 4.39 Å². The fraction of sp³-hybridized carbons (Fsp3) is 0.647. The number of piperazine rings is 1. The maximum atomic E-state index is 13.1. The second-order valence-corrected chi connectivity index (χ2v) is 6.39. The van der Waals surface area contributed by atoms with Crippen molar-refractivity contribution in [3.8, 4) is 0 Å². The topological polar surface area (TPSA) is 15.3 Å². The van der Waals surface area contributed by atoms with E-state index in [1.807, 2.05) is 12.1 Å². The van der Waals surface area contributed by atoms with Crippen molar-refractivity contribution in [2.45, 2.75) is 51.1 Å². The summed E-state index contributed by atoms with van der Waals surface area (Å²) in [6, 6.07) is 8.03. The maximum Gasteiger partial charge on any atom is 0.123 e. The molecular formula is C17H25FN2. The molecule has 1 aliphatic carbocycles. The van der Waals surface area contributed by atoms with Crippen LogP contribution in [-0.2, 0) is 0 Å². The van der Waals surface area contributed by atoms with E-state index in [4.69, 9.17) is 0 Å². The van der Waals surface area contributed by atoms with Gasteiger partial charge in [-0.1, -0.05) is 19.3 Å². The molecule has 1 N–H and O–H groups in total. The number of nitrogens with zero attached hydrogens (tertiary/aromatic N) is 1. The Balaban J connectivity index is 1.71. The Labute approximate surface area is 121 Å². The molecule has 0 radical (unpaired) electrons. The number of anilines is 1. The number of hydrogen-bond acceptors (Lipinski definition) is 2. The van der Waals surface area contributed by atoms with Gasteiger partial charge in [-0.3, -0.25) is 0 Å². The highest BCUT2D eigenvalue weighted by Gasteiger charge is 2.31. The van der Waals surface area contributed by atoms with Crippen molar-refractivity contribution in [1.82, 2.24) is 5.32 Å². The average Bonchev–Trinajstić information content (AvgIpc) is 2.50. The maximum absolute atomic E-state index is 13.1. The summed E-state index contributed by atoms with van der Waals surface area (Å²) in [7, 11) is 0. The minimum atomic E-state index is -0.152. The fourth-order valence-electron chi connectivity index (χ4n) is 3.73. The Hall–Kier alpha value is -1.09. The van der Waals surface area contributed by atoms with Gasteiger partial charge in [0.2, 0.25) is 0 Å². The molecule has 0 amide bonds. The first-order valence-electron chi connectivity index (χ1n) is 7.99. The Morgan fingerprint density at radius 2 is 1.80 bits per heavy atom. The number of hydrogen-bond donors (Lipinski definition) is 1. The molecule has 1 aromatic carbocycles. The van der Waals surface area contributed by atoms with Crippen LogP contribution in [0.5, 0.6) is 0 Å². The van der Waals surface area contributed by atoms with Gasteiger partial charge in [-0.2, -0.15) is 0 Å². The molecule has 2 nitrogen and oxygen atoms in total. The number of halogens is 1. The summed E-state index contributed by atoms with van der Waals surface area (Å²) in [5.74, 6) is 0.666. The van der Waals surface area contributed by atoms with Gasteiger partial charge in [-0.25, -0.2) is 4.39 Å². The van der Waals surface area contributed by atoms with Gasteiger partial charge in [0.25, 0.3) is 0 Å². The highest BCUT2D eigenvalue weighted by atomic mass is 19.1.